The Balaban J connectivity index is 2.55. The molecule has 0 radical (unpaired) electrons. The molecule has 0 fully saturated rings. The van der Waals surface area contributed by atoms with Crippen LogP contribution in [0.3, 0.4) is 0 Å². The Kier molecular flexibility index (Phi) is 5.29. The van der Waals surface area contributed by atoms with Crippen LogP contribution in [0.4, 0.5) is 5.69 Å². The van der Waals surface area contributed by atoms with Crippen LogP contribution in [0.1, 0.15) is 18.9 Å². The molecule has 1 rings (SSSR count). The molecule has 0 aliphatic carbocycles. The number of nitrogens with zero attached hydrogens (tertiary/aromatic N) is 1. The largest absolute Gasteiger partial charge is 0.391 e. The van der Waals surface area contributed by atoms with Gasteiger partial charge in [-0.05, 0) is 37.1 Å². The molecule has 0 aliphatic rings. The molecule has 3 N–H and O–H groups in total. The minimum atomic E-state index is -0.346. The van der Waals surface area contributed by atoms with Gasteiger partial charge in [-0.3, -0.25) is 0 Å². The molecule has 0 aliphatic heterocycles. The minimum Gasteiger partial charge on any atom is -0.391 e. The zero-order valence-electron chi connectivity index (χ0n) is 10.2. The summed E-state index contributed by atoms with van der Waals surface area (Å²) in [6, 6.07) is 8.43. The first-order chi connectivity index (χ1) is 7.67. The molecule has 0 heterocycles. The normalized spacial score (nSPS) is 12.5. The Morgan fingerprint density at radius 1 is 1.31 bits per heavy atom. The molecule has 0 saturated heterocycles. The summed E-state index contributed by atoms with van der Waals surface area (Å²) in [5, 5.41) is 9.66. The quantitative estimate of drug-likeness (QED) is 0.765. The number of aryl methyl sites for hydroxylation is 1. The summed E-state index contributed by atoms with van der Waals surface area (Å²) in [4.78, 5) is 2.06. The molecule has 16 heavy (non-hydrogen) atoms. The average molecular weight is 222 g/mol. The number of anilines is 1. The first kappa shape index (κ1) is 13.0. The van der Waals surface area contributed by atoms with Crippen molar-refractivity contribution in [2.75, 3.05) is 25.0 Å². The number of benzene rings is 1. The molecule has 0 bridgehead atoms. The van der Waals surface area contributed by atoms with E-state index in [9.17, 15) is 5.11 Å². The Bertz CT molecular complexity index is 297. The highest BCUT2D eigenvalue weighted by Gasteiger charge is 2.07. The Labute approximate surface area is 97.9 Å². The lowest BCUT2D eigenvalue weighted by atomic mass is 10.1. The van der Waals surface area contributed by atoms with E-state index in [-0.39, 0.29) is 6.10 Å². The van der Waals surface area contributed by atoms with Gasteiger partial charge in [-0.15, -0.1) is 0 Å². The van der Waals surface area contributed by atoms with Gasteiger partial charge in [0, 0.05) is 19.3 Å². The van der Waals surface area contributed by atoms with Crippen LogP contribution in [-0.4, -0.2) is 31.3 Å². The summed E-state index contributed by atoms with van der Waals surface area (Å²) < 4.78 is 0. The van der Waals surface area contributed by atoms with Crippen LogP contribution in [0.2, 0.25) is 0 Å². The van der Waals surface area contributed by atoms with Gasteiger partial charge in [0.05, 0.1) is 6.10 Å². The van der Waals surface area contributed by atoms with E-state index < -0.39 is 0 Å². The third-order valence-corrected chi connectivity index (χ3v) is 2.77. The van der Waals surface area contributed by atoms with E-state index in [1.807, 2.05) is 7.05 Å². The Hall–Kier alpha value is -1.06. The average Bonchev–Trinajstić information content (AvgIpc) is 2.29. The van der Waals surface area contributed by atoms with Crippen molar-refractivity contribution in [2.45, 2.75) is 25.9 Å². The van der Waals surface area contributed by atoms with Crippen molar-refractivity contribution in [3.8, 4) is 0 Å². The molecule has 1 aromatic rings. The van der Waals surface area contributed by atoms with Gasteiger partial charge in [-0.1, -0.05) is 19.1 Å². The molecule has 0 spiro atoms. The predicted octanol–water partition coefficient (Wildman–Crippen LogP) is 1.39. The third-order valence-electron chi connectivity index (χ3n) is 2.77. The first-order valence-electron chi connectivity index (χ1n) is 5.85. The summed E-state index contributed by atoms with van der Waals surface area (Å²) in [6.07, 6.45) is 1.36. The topological polar surface area (TPSA) is 49.5 Å². The van der Waals surface area contributed by atoms with Gasteiger partial charge >= 0.3 is 0 Å². The highest BCUT2D eigenvalue weighted by molar-refractivity contribution is 5.46. The zero-order chi connectivity index (χ0) is 12.0. The molecular weight excluding hydrogens is 200 g/mol. The SMILES string of the molecule is CCc1ccc(N(C)CC(O)CCN)cc1. The highest BCUT2D eigenvalue weighted by atomic mass is 16.3. The van der Waals surface area contributed by atoms with Crippen LogP contribution >= 0.6 is 0 Å². The maximum Gasteiger partial charge on any atom is 0.0726 e. The Morgan fingerprint density at radius 2 is 1.94 bits per heavy atom. The molecule has 1 atom stereocenters. The molecule has 1 unspecified atom stereocenters. The van der Waals surface area contributed by atoms with E-state index in [0.29, 0.717) is 19.5 Å². The molecule has 0 saturated carbocycles. The minimum absolute atomic E-state index is 0.346. The van der Waals surface area contributed by atoms with Crippen molar-refractivity contribution in [1.29, 1.82) is 0 Å². The van der Waals surface area contributed by atoms with Crippen molar-refractivity contribution in [2.24, 2.45) is 5.73 Å². The number of hydrogen-bond donors (Lipinski definition) is 2. The molecule has 1 aromatic carbocycles. The molecule has 0 aromatic heterocycles. The number of nitrogens with two attached hydrogens (primary N) is 1. The lowest BCUT2D eigenvalue weighted by molar-refractivity contribution is 0.174. The van der Waals surface area contributed by atoms with E-state index in [2.05, 4.69) is 36.1 Å². The maximum atomic E-state index is 9.66. The number of rotatable bonds is 6. The van der Waals surface area contributed by atoms with Gasteiger partial charge in [-0.2, -0.15) is 0 Å². The molecule has 90 valence electrons. The smallest absolute Gasteiger partial charge is 0.0726 e. The summed E-state index contributed by atoms with van der Waals surface area (Å²) in [7, 11) is 1.99. The van der Waals surface area contributed by atoms with E-state index in [1.165, 1.54) is 5.56 Å². The van der Waals surface area contributed by atoms with Gasteiger partial charge in [0.1, 0.15) is 0 Å². The van der Waals surface area contributed by atoms with Gasteiger partial charge in [0.15, 0.2) is 0 Å². The fraction of sp³-hybridized carbons (Fsp3) is 0.538. The number of likely N-dealkylation sites (N-methyl/N-ethyl adjacent to an activating group) is 1. The standard InChI is InChI=1S/C13H22N2O/c1-3-11-4-6-12(7-5-11)15(2)10-13(16)8-9-14/h4-7,13,16H,3,8-10,14H2,1-2H3. The molecule has 0 amide bonds. The van der Waals surface area contributed by atoms with E-state index in [0.717, 1.165) is 12.1 Å². The fourth-order valence-corrected chi connectivity index (χ4v) is 1.69. The van der Waals surface area contributed by atoms with Crippen LogP contribution < -0.4 is 10.6 Å². The van der Waals surface area contributed by atoms with E-state index >= 15 is 0 Å². The molecule has 3 heteroatoms. The Morgan fingerprint density at radius 3 is 2.44 bits per heavy atom. The van der Waals surface area contributed by atoms with Crippen molar-refractivity contribution in [3.05, 3.63) is 29.8 Å². The lowest BCUT2D eigenvalue weighted by Crippen LogP contribution is -2.30. The second kappa shape index (κ2) is 6.51. The number of aliphatic hydroxyl groups excluding tert-OH is 1. The first-order valence-corrected chi connectivity index (χ1v) is 5.85. The van der Waals surface area contributed by atoms with Crippen LogP contribution in [0.5, 0.6) is 0 Å². The second-order valence-electron chi connectivity index (χ2n) is 4.13. The fourth-order valence-electron chi connectivity index (χ4n) is 1.69. The second-order valence-corrected chi connectivity index (χ2v) is 4.13. The van der Waals surface area contributed by atoms with Crippen molar-refractivity contribution >= 4 is 5.69 Å². The zero-order valence-corrected chi connectivity index (χ0v) is 10.2. The predicted molar refractivity (Wildman–Crippen MR) is 68.8 cm³/mol. The van der Waals surface area contributed by atoms with Crippen molar-refractivity contribution in [3.63, 3.8) is 0 Å². The molecular formula is C13H22N2O. The highest BCUT2D eigenvalue weighted by Crippen LogP contribution is 2.14. The summed E-state index contributed by atoms with van der Waals surface area (Å²) in [6.45, 7) is 3.30. The van der Waals surface area contributed by atoms with Crippen LogP contribution in [0.15, 0.2) is 24.3 Å². The van der Waals surface area contributed by atoms with E-state index in [1.54, 1.807) is 0 Å². The maximum absolute atomic E-state index is 9.66. The van der Waals surface area contributed by atoms with Gasteiger partial charge in [-0.25, -0.2) is 0 Å². The van der Waals surface area contributed by atoms with Gasteiger partial charge in [0.25, 0.3) is 0 Å². The summed E-state index contributed by atoms with van der Waals surface area (Å²) >= 11 is 0. The van der Waals surface area contributed by atoms with Crippen LogP contribution in [0, 0.1) is 0 Å². The van der Waals surface area contributed by atoms with Crippen LogP contribution in [0.25, 0.3) is 0 Å². The lowest BCUT2D eigenvalue weighted by Gasteiger charge is -2.22. The van der Waals surface area contributed by atoms with E-state index in [4.69, 9.17) is 5.73 Å². The van der Waals surface area contributed by atoms with Crippen LogP contribution in [-0.2, 0) is 6.42 Å². The van der Waals surface area contributed by atoms with Gasteiger partial charge < -0.3 is 15.7 Å². The van der Waals surface area contributed by atoms with Gasteiger partial charge in [0.2, 0.25) is 0 Å². The van der Waals surface area contributed by atoms with Crippen molar-refractivity contribution in [1.82, 2.24) is 0 Å². The number of aliphatic hydroxyl groups is 1. The number of hydrogen-bond acceptors (Lipinski definition) is 3. The third kappa shape index (κ3) is 3.83. The molecule has 3 nitrogen and oxygen atoms in total. The summed E-state index contributed by atoms with van der Waals surface area (Å²) in [5.74, 6) is 0. The monoisotopic (exact) mass is 222 g/mol. The summed E-state index contributed by atoms with van der Waals surface area (Å²) in [5.41, 5.74) is 7.87. The van der Waals surface area contributed by atoms with Crippen molar-refractivity contribution < 1.29 is 5.11 Å².